The zero-order chi connectivity index (χ0) is 14.9. The lowest BCUT2D eigenvalue weighted by atomic mass is 9.81. The summed E-state index contributed by atoms with van der Waals surface area (Å²) in [5, 5.41) is -0.261. The van der Waals surface area contributed by atoms with Crippen LogP contribution in [0.1, 0.15) is 37.3 Å². The maximum Gasteiger partial charge on any atom is 0.150 e. The fourth-order valence-corrected chi connectivity index (χ4v) is 4.20. The summed E-state index contributed by atoms with van der Waals surface area (Å²) in [6.45, 7) is 0. The Labute approximate surface area is 124 Å². The van der Waals surface area contributed by atoms with Crippen LogP contribution in [0.4, 0.5) is 4.39 Å². The van der Waals surface area contributed by atoms with Crippen molar-refractivity contribution in [2.24, 2.45) is 11.7 Å². The van der Waals surface area contributed by atoms with Gasteiger partial charge in [0.1, 0.15) is 15.7 Å². The molecule has 0 aromatic heterocycles. The van der Waals surface area contributed by atoms with Crippen molar-refractivity contribution in [1.29, 1.82) is 0 Å². The van der Waals surface area contributed by atoms with Gasteiger partial charge in [0.2, 0.25) is 0 Å². The van der Waals surface area contributed by atoms with E-state index in [9.17, 15) is 12.8 Å². The molecule has 3 nitrogen and oxygen atoms in total. The third kappa shape index (κ3) is 3.51. The molecule has 0 heterocycles. The van der Waals surface area contributed by atoms with Crippen molar-refractivity contribution in [2.45, 2.75) is 37.0 Å². The first-order chi connectivity index (χ1) is 9.29. The minimum atomic E-state index is -3.04. The average Bonchev–Trinajstić information content (AvgIpc) is 2.40. The lowest BCUT2D eigenvalue weighted by molar-refractivity contribution is 0.308. The minimum Gasteiger partial charge on any atom is -0.324 e. The third-order valence-corrected chi connectivity index (χ3v) is 6.05. The van der Waals surface area contributed by atoms with Gasteiger partial charge in [-0.2, -0.15) is 0 Å². The van der Waals surface area contributed by atoms with Gasteiger partial charge in [-0.1, -0.05) is 24.1 Å². The van der Waals surface area contributed by atoms with Crippen LogP contribution in [0.2, 0.25) is 5.02 Å². The molecule has 3 unspecified atom stereocenters. The largest absolute Gasteiger partial charge is 0.324 e. The molecule has 0 amide bonds. The Morgan fingerprint density at radius 2 is 2.10 bits per heavy atom. The van der Waals surface area contributed by atoms with Crippen molar-refractivity contribution in [3.05, 3.63) is 34.6 Å². The highest BCUT2D eigenvalue weighted by atomic mass is 35.5. The number of nitrogens with two attached hydrogens (primary N) is 1. The van der Waals surface area contributed by atoms with Gasteiger partial charge in [-0.25, -0.2) is 12.8 Å². The summed E-state index contributed by atoms with van der Waals surface area (Å²) in [6, 6.07) is 4.19. The summed E-state index contributed by atoms with van der Waals surface area (Å²) in [5.74, 6) is -0.431. The van der Waals surface area contributed by atoms with Crippen molar-refractivity contribution >= 4 is 21.4 Å². The van der Waals surface area contributed by atoms with E-state index in [-0.39, 0.29) is 22.2 Å². The van der Waals surface area contributed by atoms with Gasteiger partial charge in [-0.05, 0) is 42.9 Å². The molecule has 0 spiro atoms. The van der Waals surface area contributed by atoms with Gasteiger partial charge in [0, 0.05) is 12.3 Å². The molecule has 1 aliphatic carbocycles. The lowest BCUT2D eigenvalue weighted by Crippen LogP contribution is -2.33. The molecular formula is C14H19ClFNO2S. The number of sulfone groups is 1. The van der Waals surface area contributed by atoms with E-state index >= 15 is 0 Å². The van der Waals surface area contributed by atoms with Crippen LogP contribution < -0.4 is 5.73 Å². The van der Waals surface area contributed by atoms with E-state index in [0.717, 1.165) is 12.8 Å². The van der Waals surface area contributed by atoms with Crippen LogP contribution in [0.3, 0.4) is 0 Å². The predicted octanol–water partition coefficient (Wildman–Crippen LogP) is 3.08. The zero-order valence-electron chi connectivity index (χ0n) is 11.4. The number of hydrogen-bond donors (Lipinski definition) is 1. The highest BCUT2D eigenvalue weighted by Gasteiger charge is 2.32. The maximum absolute atomic E-state index is 13.5. The van der Waals surface area contributed by atoms with E-state index in [4.69, 9.17) is 17.3 Å². The van der Waals surface area contributed by atoms with Gasteiger partial charge in [-0.3, -0.25) is 0 Å². The Bertz CT molecular complexity index is 591. The standard InChI is InChI=1S/C14H19ClFNO2S/c1-20(18,19)11-4-2-3-9(7-11)14(17)10-5-6-12(15)13(16)8-10/h5-6,8-9,11,14H,2-4,7,17H2,1H3. The van der Waals surface area contributed by atoms with Crippen LogP contribution in [-0.2, 0) is 9.84 Å². The number of rotatable bonds is 3. The topological polar surface area (TPSA) is 60.2 Å². The first-order valence-electron chi connectivity index (χ1n) is 6.68. The first kappa shape index (κ1) is 15.7. The quantitative estimate of drug-likeness (QED) is 0.931. The fourth-order valence-electron chi connectivity index (χ4n) is 2.89. The maximum atomic E-state index is 13.5. The molecule has 1 aliphatic rings. The zero-order valence-corrected chi connectivity index (χ0v) is 12.9. The molecule has 1 aromatic carbocycles. The van der Waals surface area contributed by atoms with Crippen molar-refractivity contribution in [1.82, 2.24) is 0 Å². The van der Waals surface area contributed by atoms with Crippen molar-refractivity contribution in [2.75, 3.05) is 6.26 Å². The van der Waals surface area contributed by atoms with Gasteiger partial charge < -0.3 is 5.73 Å². The Morgan fingerprint density at radius 1 is 1.40 bits per heavy atom. The smallest absolute Gasteiger partial charge is 0.150 e. The van der Waals surface area contributed by atoms with Crippen molar-refractivity contribution in [3.63, 3.8) is 0 Å². The van der Waals surface area contributed by atoms with Crippen LogP contribution in [0, 0.1) is 11.7 Å². The van der Waals surface area contributed by atoms with E-state index in [1.54, 1.807) is 6.07 Å². The second-order valence-electron chi connectivity index (χ2n) is 5.58. The highest BCUT2D eigenvalue weighted by molar-refractivity contribution is 7.91. The Balaban J connectivity index is 2.16. The summed E-state index contributed by atoms with van der Waals surface area (Å²) >= 11 is 5.66. The molecule has 0 saturated heterocycles. The second-order valence-corrected chi connectivity index (χ2v) is 8.31. The SMILES string of the molecule is CS(=O)(=O)C1CCCC(C(N)c2ccc(Cl)c(F)c2)C1. The van der Waals surface area contributed by atoms with Gasteiger partial charge in [0.05, 0.1) is 10.3 Å². The summed E-state index contributed by atoms with van der Waals surface area (Å²) in [7, 11) is -3.04. The highest BCUT2D eigenvalue weighted by Crippen LogP contribution is 2.36. The van der Waals surface area contributed by atoms with Gasteiger partial charge in [-0.15, -0.1) is 0 Å². The number of halogens is 2. The molecule has 6 heteroatoms. The Hall–Kier alpha value is -0.650. The number of hydrogen-bond acceptors (Lipinski definition) is 3. The predicted molar refractivity (Wildman–Crippen MR) is 78.9 cm³/mol. The third-order valence-electron chi connectivity index (χ3n) is 4.11. The summed E-state index contributed by atoms with van der Waals surface area (Å²) < 4.78 is 36.8. The molecule has 0 radical (unpaired) electrons. The normalized spacial score (nSPS) is 25.4. The first-order valence-corrected chi connectivity index (χ1v) is 9.01. The Morgan fingerprint density at radius 3 is 2.70 bits per heavy atom. The van der Waals surface area contributed by atoms with Crippen molar-refractivity contribution in [3.8, 4) is 0 Å². The molecule has 1 aromatic rings. The van der Waals surface area contributed by atoms with Gasteiger partial charge >= 0.3 is 0 Å². The van der Waals surface area contributed by atoms with Crippen LogP contribution in [-0.4, -0.2) is 19.9 Å². The monoisotopic (exact) mass is 319 g/mol. The molecule has 2 N–H and O–H groups in total. The van der Waals surface area contributed by atoms with E-state index in [1.165, 1.54) is 18.4 Å². The minimum absolute atomic E-state index is 0.0593. The van der Waals surface area contributed by atoms with E-state index in [0.29, 0.717) is 18.4 Å². The van der Waals surface area contributed by atoms with E-state index in [2.05, 4.69) is 0 Å². The summed E-state index contributed by atoms with van der Waals surface area (Å²) in [6.07, 6.45) is 4.22. The molecule has 1 saturated carbocycles. The van der Waals surface area contributed by atoms with Crippen LogP contribution in [0.15, 0.2) is 18.2 Å². The molecule has 2 rings (SSSR count). The molecular weight excluding hydrogens is 301 g/mol. The lowest BCUT2D eigenvalue weighted by Gasteiger charge is -2.32. The average molecular weight is 320 g/mol. The molecule has 1 fully saturated rings. The molecule has 0 bridgehead atoms. The molecule has 0 aliphatic heterocycles. The summed E-state index contributed by atoms with van der Waals surface area (Å²) in [5.41, 5.74) is 6.86. The van der Waals surface area contributed by atoms with Crippen LogP contribution in [0.25, 0.3) is 0 Å². The van der Waals surface area contributed by atoms with E-state index in [1.807, 2.05) is 0 Å². The second kappa shape index (κ2) is 6.00. The number of benzene rings is 1. The van der Waals surface area contributed by atoms with Gasteiger partial charge in [0.15, 0.2) is 0 Å². The molecule has 112 valence electrons. The Kier molecular flexibility index (Phi) is 4.72. The fraction of sp³-hybridized carbons (Fsp3) is 0.571. The molecule has 20 heavy (non-hydrogen) atoms. The molecule has 3 atom stereocenters. The van der Waals surface area contributed by atoms with Crippen LogP contribution in [0.5, 0.6) is 0 Å². The summed E-state index contributed by atoms with van der Waals surface area (Å²) in [4.78, 5) is 0. The van der Waals surface area contributed by atoms with E-state index < -0.39 is 15.7 Å². The van der Waals surface area contributed by atoms with Gasteiger partial charge in [0.25, 0.3) is 0 Å². The van der Waals surface area contributed by atoms with Crippen LogP contribution >= 0.6 is 11.6 Å². The van der Waals surface area contributed by atoms with Crippen molar-refractivity contribution < 1.29 is 12.8 Å².